The number of phenols is 1. The molecule has 0 radical (unpaired) electrons. The Bertz CT molecular complexity index is 379. The standard InChI is InChI=1S/C10H10ClNO/c1-6-5-8(3-4-12)10(13)9(11)7(6)2/h5,13H,3H2,1-2H3. The highest BCUT2D eigenvalue weighted by Gasteiger charge is 2.10. The monoisotopic (exact) mass is 195 g/mol. The number of nitriles is 1. The molecule has 1 aromatic rings. The smallest absolute Gasteiger partial charge is 0.138 e. The summed E-state index contributed by atoms with van der Waals surface area (Å²) in [6.07, 6.45) is 0.187. The molecule has 0 saturated heterocycles. The van der Waals surface area contributed by atoms with Crippen molar-refractivity contribution in [1.82, 2.24) is 0 Å². The Hall–Kier alpha value is -1.20. The van der Waals surface area contributed by atoms with E-state index in [4.69, 9.17) is 16.9 Å². The van der Waals surface area contributed by atoms with Crippen LogP contribution in [0.3, 0.4) is 0 Å². The van der Waals surface area contributed by atoms with Crippen LogP contribution in [0.25, 0.3) is 0 Å². The predicted octanol–water partition coefficient (Wildman–Crippen LogP) is 2.73. The summed E-state index contributed by atoms with van der Waals surface area (Å²) in [6, 6.07) is 3.77. The Morgan fingerprint density at radius 3 is 2.69 bits per heavy atom. The Morgan fingerprint density at radius 2 is 2.15 bits per heavy atom. The van der Waals surface area contributed by atoms with Gasteiger partial charge in [-0.15, -0.1) is 0 Å². The first kappa shape index (κ1) is 9.88. The minimum absolute atomic E-state index is 0.0336. The molecule has 0 bridgehead atoms. The van der Waals surface area contributed by atoms with Crippen molar-refractivity contribution in [3.05, 3.63) is 27.8 Å². The van der Waals surface area contributed by atoms with E-state index in [2.05, 4.69) is 0 Å². The molecule has 0 amide bonds. The van der Waals surface area contributed by atoms with Gasteiger partial charge < -0.3 is 5.11 Å². The Morgan fingerprint density at radius 1 is 1.54 bits per heavy atom. The van der Waals surface area contributed by atoms with E-state index in [9.17, 15) is 5.11 Å². The van der Waals surface area contributed by atoms with Gasteiger partial charge in [-0.2, -0.15) is 5.26 Å². The minimum atomic E-state index is 0.0336. The molecule has 0 atom stereocenters. The molecule has 0 unspecified atom stereocenters. The largest absolute Gasteiger partial charge is 0.506 e. The summed E-state index contributed by atoms with van der Waals surface area (Å²) in [5, 5.41) is 18.4. The van der Waals surface area contributed by atoms with Crippen LogP contribution in [-0.4, -0.2) is 5.11 Å². The van der Waals surface area contributed by atoms with Gasteiger partial charge in [-0.1, -0.05) is 17.7 Å². The molecule has 2 nitrogen and oxygen atoms in total. The molecule has 1 rings (SSSR count). The fraction of sp³-hybridized carbons (Fsp3) is 0.300. The van der Waals surface area contributed by atoms with Gasteiger partial charge in [0.1, 0.15) is 5.75 Å². The predicted molar refractivity (Wildman–Crippen MR) is 51.9 cm³/mol. The zero-order valence-corrected chi connectivity index (χ0v) is 8.31. The van der Waals surface area contributed by atoms with E-state index in [1.807, 2.05) is 19.9 Å². The molecule has 1 N–H and O–H groups in total. The van der Waals surface area contributed by atoms with Crippen molar-refractivity contribution in [1.29, 1.82) is 5.26 Å². The number of halogens is 1. The van der Waals surface area contributed by atoms with Crippen molar-refractivity contribution < 1.29 is 5.11 Å². The van der Waals surface area contributed by atoms with E-state index >= 15 is 0 Å². The summed E-state index contributed by atoms with van der Waals surface area (Å²) in [5.74, 6) is 0.0336. The van der Waals surface area contributed by atoms with E-state index in [0.29, 0.717) is 10.6 Å². The molecule has 0 aromatic heterocycles. The van der Waals surface area contributed by atoms with Gasteiger partial charge in [0.15, 0.2) is 0 Å². The number of benzene rings is 1. The summed E-state index contributed by atoms with van der Waals surface area (Å²) in [6.45, 7) is 3.75. The summed E-state index contributed by atoms with van der Waals surface area (Å²) in [7, 11) is 0. The van der Waals surface area contributed by atoms with Crippen LogP contribution in [0.5, 0.6) is 5.75 Å². The van der Waals surface area contributed by atoms with Crippen molar-refractivity contribution in [3.63, 3.8) is 0 Å². The highest BCUT2D eigenvalue weighted by molar-refractivity contribution is 6.33. The molecule has 13 heavy (non-hydrogen) atoms. The topological polar surface area (TPSA) is 44.0 Å². The Balaban J connectivity index is 3.34. The molecule has 68 valence electrons. The SMILES string of the molecule is Cc1cc(CC#N)c(O)c(Cl)c1C. The molecule has 0 aliphatic carbocycles. The zero-order valence-electron chi connectivity index (χ0n) is 7.56. The average Bonchev–Trinajstić information content (AvgIpc) is 2.11. The molecule has 3 heteroatoms. The third kappa shape index (κ3) is 1.76. The highest BCUT2D eigenvalue weighted by atomic mass is 35.5. The number of aryl methyl sites for hydroxylation is 1. The van der Waals surface area contributed by atoms with Gasteiger partial charge in [0, 0.05) is 5.56 Å². The maximum Gasteiger partial charge on any atom is 0.138 e. The molecular weight excluding hydrogens is 186 g/mol. The number of rotatable bonds is 1. The average molecular weight is 196 g/mol. The number of hydrogen-bond donors (Lipinski definition) is 1. The van der Waals surface area contributed by atoms with Crippen LogP contribution in [0, 0.1) is 25.2 Å². The van der Waals surface area contributed by atoms with E-state index < -0.39 is 0 Å². The van der Waals surface area contributed by atoms with Gasteiger partial charge in [0.25, 0.3) is 0 Å². The number of phenolic OH excluding ortho intramolecular Hbond substituents is 1. The first-order valence-electron chi connectivity index (χ1n) is 3.92. The van der Waals surface area contributed by atoms with Gasteiger partial charge in [0.05, 0.1) is 17.5 Å². The molecule has 0 spiro atoms. The fourth-order valence-electron chi connectivity index (χ4n) is 1.15. The lowest BCUT2D eigenvalue weighted by Gasteiger charge is -2.08. The second-order valence-corrected chi connectivity index (χ2v) is 3.35. The highest BCUT2D eigenvalue weighted by Crippen LogP contribution is 2.32. The van der Waals surface area contributed by atoms with E-state index in [-0.39, 0.29) is 12.2 Å². The van der Waals surface area contributed by atoms with Gasteiger partial charge in [-0.05, 0) is 25.0 Å². The van der Waals surface area contributed by atoms with Crippen molar-refractivity contribution in [2.24, 2.45) is 0 Å². The number of aromatic hydroxyl groups is 1. The lowest BCUT2D eigenvalue weighted by atomic mass is 10.0. The number of hydrogen-bond acceptors (Lipinski definition) is 2. The van der Waals surface area contributed by atoms with Crippen LogP contribution >= 0.6 is 11.6 Å². The Labute approximate surface area is 82.4 Å². The second-order valence-electron chi connectivity index (χ2n) is 2.98. The summed E-state index contributed by atoms with van der Waals surface area (Å²) >= 11 is 5.86. The van der Waals surface area contributed by atoms with E-state index in [1.54, 1.807) is 6.07 Å². The number of nitrogens with zero attached hydrogens (tertiary/aromatic N) is 1. The van der Waals surface area contributed by atoms with Crippen molar-refractivity contribution >= 4 is 11.6 Å². The van der Waals surface area contributed by atoms with Gasteiger partial charge >= 0.3 is 0 Å². The maximum absolute atomic E-state index is 9.55. The first-order chi connectivity index (χ1) is 6.07. The second kappa shape index (κ2) is 3.68. The lowest BCUT2D eigenvalue weighted by Crippen LogP contribution is -1.90. The first-order valence-corrected chi connectivity index (χ1v) is 4.30. The molecule has 0 saturated carbocycles. The molecule has 0 aliphatic heterocycles. The third-order valence-electron chi connectivity index (χ3n) is 2.09. The van der Waals surface area contributed by atoms with Crippen LogP contribution in [0.15, 0.2) is 6.07 Å². The van der Waals surface area contributed by atoms with Gasteiger partial charge in [-0.25, -0.2) is 0 Å². The molecule has 0 aliphatic rings. The molecular formula is C10H10ClNO. The van der Waals surface area contributed by atoms with Gasteiger partial charge in [-0.3, -0.25) is 0 Å². The van der Waals surface area contributed by atoms with Crippen molar-refractivity contribution in [2.75, 3.05) is 0 Å². The summed E-state index contributed by atoms with van der Waals surface area (Å²) < 4.78 is 0. The summed E-state index contributed by atoms with van der Waals surface area (Å²) in [4.78, 5) is 0. The zero-order chi connectivity index (χ0) is 10.0. The van der Waals surface area contributed by atoms with E-state index in [0.717, 1.165) is 11.1 Å². The minimum Gasteiger partial charge on any atom is -0.506 e. The summed E-state index contributed by atoms with van der Waals surface area (Å²) in [5.41, 5.74) is 2.45. The van der Waals surface area contributed by atoms with Crippen LogP contribution in [0.2, 0.25) is 5.02 Å². The fourth-order valence-corrected chi connectivity index (χ4v) is 1.42. The van der Waals surface area contributed by atoms with E-state index in [1.165, 1.54) is 0 Å². The van der Waals surface area contributed by atoms with Crippen molar-refractivity contribution in [2.45, 2.75) is 20.3 Å². The van der Waals surface area contributed by atoms with Crippen LogP contribution in [0.4, 0.5) is 0 Å². The van der Waals surface area contributed by atoms with Crippen molar-refractivity contribution in [3.8, 4) is 11.8 Å². The normalized spacial score (nSPS) is 9.69. The quantitative estimate of drug-likeness (QED) is 0.749. The van der Waals surface area contributed by atoms with Crippen LogP contribution in [0.1, 0.15) is 16.7 Å². The third-order valence-corrected chi connectivity index (χ3v) is 2.56. The molecule has 1 aromatic carbocycles. The van der Waals surface area contributed by atoms with Gasteiger partial charge in [0.2, 0.25) is 0 Å². The molecule has 0 heterocycles. The van der Waals surface area contributed by atoms with Crippen LogP contribution in [-0.2, 0) is 6.42 Å². The Kier molecular flexibility index (Phi) is 2.79. The maximum atomic E-state index is 9.55. The molecule has 0 fully saturated rings. The van der Waals surface area contributed by atoms with Crippen LogP contribution < -0.4 is 0 Å². The lowest BCUT2D eigenvalue weighted by molar-refractivity contribution is 0.469.